The van der Waals surface area contributed by atoms with E-state index in [1.807, 2.05) is 30.3 Å². The summed E-state index contributed by atoms with van der Waals surface area (Å²) in [5.41, 5.74) is 7.44. The molecule has 0 radical (unpaired) electrons. The molecule has 0 saturated carbocycles. The molecule has 1 aliphatic heterocycles. The van der Waals surface area contributed by atoms with Crippen LogP contribution in [0.15, 0.2) is 70.0 Å². The Bertz CT molecular complexity index is 1290. The summed E-state index contributed by atoms with van der Waals surface area (Å²) in [4.78, 5) is 37.2. The molecule has 1 saturated heterocycles. The number of carbonyl (C=O) groups is 1. The molecule has 1 unspecified atom stereocenters. The molecule has 2 heterocycles. The maximum atomic E-state index is 13.5. The van der Waals surface area contributed by atoms with Gasteiger partial charge in [-0.3, -0.25) is 19.1 Å². The monoisotopic (exact) mass is 449 g/mol. The van der Waals surface area contributed by atoms with Crippen LogP contribution in [0, 0.1) is 0 Å². The Labute approximate surface area is 190 Å². The summed E-state index contributed by atoms with van der Waals surface area (Å²) in [6, 6.07) is 13.8. The highest BCUT2D eigenvalue weighted by Gasteiger charge is 2.26. The summed E-state index contributed by atoms with van der Waals surface area (Å²) in [7, 11) is 0. The number of aromatic nitrogens is 2. The van der Waals surface area contributed by atoms with Crippen LogP contribution in [0.1, 0.15) is 32.1 Å². The standard InChI is InChI=1S/C24H24ClN5O2/c1-3-17(23(31)29-13-8-14-29)21(26)27-15(2)22-28-19-12-7-11-18(25)20(19)24(32)30(22)16-9-5-4-6-10-16/h3-7,9-12,15H,8,13-14H2,1-2H3,(H2,26,27)/b17-3+. The van der Waals surface area contributed by atoms with Crippen LogP contribution in [0.2, 0.25) is 5.02 Å². The van der Waals surface area contributed by atoms with Gasteiger partial charge in [0.1, 0.15) is 17.7 Å². The number of para-hydroxylation sites is 1. The molecule has 7 nitrogen and oxygen atoms in total. The molecule has 8 heteroatoms. The third-order valence-corrected chi connectivity index (χ3v) is 5.85. The average molecular weight is 450 g/mol. The van der Waals surface area contributed by atoms with Gasteiger partial charge >= 0.3 is 0 Å². The molecule has 1 aliphatic rings. The first-order chi connectivity index (χ1) is 15.4. The van der Waals surface area contributed by atoms with Gasteiger partial charge in [-0.25, -0.2) is 4.98 Å². The van der Waals surface area contributed by atoms with Crippen LogP contribution in [0.4, 0.5) is 0 Å². The molecule has 32 heavy (non-hydrogen) atoms. The first kappa shape index (κ1) is 21.8. The predicted octanol–water partition coefficient (Wildman–Crippen LogP) is 3.64. The second-order valence-corrected chi connectivity index (χ2v) is 8.03. The van der Waals surface area contributed by atoms with Gasteiger partial charge in [-0.2, -0.15) is 0 Å². The van der Waals surface area contributed by atoms with Crippen molar-refractivity contribution in [3.63, 3.8) is 0 Å². The molecule has 3 aromatic rings. The number of benzene rings is 2. The van der Waals surface area contributed by atoms with Crippen molar-refractivity contribution in [1.29, 1.82) is 0 Å². The fraction of sp³-hybridized carbons (Fsp3) is 0.250. The van der Waals surface area contributed by atoms with Gasteiger partial charge in [-0.05, 0) is 44.5 Å². The summed E-state index contributed by atoms with van der Waals surface area (Å²) in [6.07, 6.45) is 2.66. The summed E-state index contributed by atoms with van der Waals surface area (Å²) >= 11 is 6.33. The SMILES string of the molecule is C/C=C(/C(=O)N1CCC1)C(N)=NC(C)c1nc2cccc(Cl)c2c(=O)n1-c1ccccc1. The van der Waals surface area contributed by atoms with E-state index in [0.717, 1.165) is 19.5 Å². The van der Waals surface area contributed by atoms with Gasteiger partial charge in [0.25, 0.3) is 11.5 Å². The quantitative estimate of drug-likeness (QED) is 0.365. The first-order valence-corrected chi connectivity index (χ1v) is 10.9. The number of carbonyl (C=O) groups excluding carboxylic acids is 1. The zero-order chi connectivity index (χ0) is 22.8. The lowest BCUT2D eigenvalue weighted by atomic mass is 10.1. The fourth-order valence-electron chi connectivity index (χ4n) is 3.72. The molecule has 1 atom stereocenters. The van der Waals surface area contributed by atoms with Gasteiger partial charge in [-0.15, -0.1) is 0 Å². The molecule has 4 rings (SSSR count). The maximum Gasteiger partial charge on any atom is 0.267 e. The summed E-state index contributed by atoms with van der Waals surface area (Å²) < 4.78 is 1.50. The molecule has 0 spiro atoms. The van der Waals surface area contributed by atoms with Crippen molar-refractivity contribution in [2.75, 3.05) is 13.1 Å². The highest BCUT2D eigenvalue weighted by molar-refractivity contribution is 6.35. The van der Waals surface area contributed by atoms with E-state index in [9.17, 15) is 9.59 Å². The van der Waals surface area contributed by atoms with Crippen LogP contribution in [0.3, 0.4) is 0 Å². The van der Waals surface area contributed by atoms with E-state index in [4.69, 9.17) is 22.3 Å². The molecule has 1 aromatic heterocycles. The largest absolute Gasteiger partial charge is 0.383 e. The van der Waals surface area contributed by atoms with Crippen LogP contribution in [-0.2, 0) is 4.79 Å². The van der Waals surface area contributed by atoms with E-state index in [1.165, 1.54) is 4.57 Å². The lowest BCUT2D eigenvalue weighted by Gasteiger charge is -2.31. The van der Waals surface area contributed by atoms with Crippen molar-refractivity contribution in [2.24, 2.45) is 10.7 Å². The number of nitrogens with zero attached hydrogens (tertiary/aromatic N) is 4. The number of rotatable bonds is 5. The average Bonchev–Trinajstić information content (AvgIpc) is 2.73. The number of amides is 1. The number of amidine groups is 1. The second-order valence-electron chi connectivity index (χ2n) is 7.62. The highest BCUT2D eigenvalue weighted by atomic mass is 35.5. The van der Waals surface area contributed by atoms with Crippen molar-refractivity contribution in [2.45, 2.75) is 26.3 Å². The van der Waals surface area contributed by atoms with Crippen molar-refractivity contribution < 1.29 is 4.79 Å². The van der Waals surface area contributed by atoms with E-state index in [0.29, 0.717) is 33.0 Å². The topological polar surface area (TPSA) is 93.6 Å². The molecule has 1 fully saturated rings. The van der Waals surface area contributed by atoms with Crippen molar-refractivity contribution in [3.8, 4) is 5.69 Å². The predicted molar refractivity (Wildman–Crippen MR) is 127 cm³/mol. The van der Waals surface area contributed by atoms with Crippen molar-refractivity contribution in [1.82, 2.24) is 14.5 Å². The van der Waals surface area contributed by atoms with Gasteiger partial charge < -0.3 is 10.6 Å². The number of halogens is 1. The van der Waals surface area contributed by atoms with Crippen molar-refractivity contribution >= 4 is 34.2 Å². The molecule has 164 valence electrons. The Balaban J connectivity index is 1.85. The van der Waals surface area contributed by atoms with E-state index >= 15 is 0 Å². The number of fused-ring (bicyclic) bond motifs is 1. The molecule has 0 aliphatic carbocycles. The third kappa shape index (κ3) is 3.91. The smallest absolute Gasteiger partial charge is 0.267 e. The number of allylic oxidation sites excluding steroid dienone is 1. The van der Waals surface area contributed by atoms with E-state index < -0.39 is 6.04 Å². The van der Waals surface area contributed by atoms with E-state index in [-0.39, 0.29) is 17.3 Å². The maximum absolute atomic E-state index is 13.5. The summed E-state index contributed by atoms with van der Waals surface area (Å²) in [5, 5.41) is 0.677. The summed E-state index contributed by atoms with van der Waals surface area (Å²) in [6.45, 7) is 5.00. The van der Waals surface area contributed by atoms with Crippen LogP contribution in [-0.4, -0.2) is 39.3 Å². The minimum absolute atomic E-state index is 0.122. The van der Waals surface area contributed by atoms with Gasteiger partial charge in [0, 0.05) is 13.1 Å². The molecule has 2 N–H and O–H groups in total. The Morgan fingerprint density at radius 2 is 1.91 bits per heavy atom. The van der Waals surface area contributed by atoms with Gasteiger partial charge in [0.15, 0.2) is 0 Å². The van der Waals surface area contributed by atoms with E-state index in [2.05, 4.69) is 4.99 Å². The van der Waals surface area contributed by atoms with Crippen LogP contribution >= 0.6 is 11.6 Å². The highest BCUT2D eigenvalue weighted by Crippen LogP contribution is 2.24. The molecule has 1 amide bonds. The Morgan fingerprint density at radius 1 is 1.19 bits per heavy atom. The first-order valence-electron chi connectivity index (χ1n) is 10.5. The van der Waals surface area contributed by atoms with Gasteiger partial charge in [0.2, 0.25) is 0 Å². The molecular weight excluding hydrogens is 426 g/mol. The number of hydrogen-bond donors (Lipinski definition) is 1. The van der Waals surface area contributed by atoms with Gasteiger partial charge in [-0.1, -0.05) is 41.9 Å². The van der Waals surface area contributed by atoms with Crippen LogP contribution < -0.4 is 11.3 Å². The Morgan fingerprint density at radius 3 is 2.53 bits per heavy atom. The lowest BCUT2D eigenvalue weighted by molar-refractivity contribution is -0.129. The minimum atomic E-state index is -0.592. The molecule has 0 bridgehead atoms. The Hall–Kier alpha value is -3.45. The van der Waals surface area contributed by atoms with Crippen LogP contribution in [0.25, 0.3) is 16.6 Å². The number of hydrogen-bond acceptors (Lipinski definition) is 4. The number of likely N-dealkylation sites (tertiary alicyclic amines) is 1. The van der Waals surface area contributed by atoms with Crippen LogP contribution in [0.5, 0.6) is 0 Å². The molecule has 2 aromatic carbocycles. The lowest BCUT2D eigenvalue weighted by Crippen LogP contribution is -2.44. The number of aliphatic imine (C=N–C) groups is 1. The second kappa shape index (κ2) is 8.96. The van der Waals surface area contributed by atoms with E-state index in [1.54, 1.807) is 43.0 Å². The zero-order valence-electron chi connectivity index (χ0n) is 18.0. The van der Waals surface area contributed by atoms with Crippen molar-refractivity contribution in [3.05, 3.63) is 81.4 Å². The zero-order valence-corrected chi connectivity index (χ0v) is 18.7. The summed E-state index contributed by atoms with van der Waals surface area (Å²) in [5.74, 6) is 0.397. The number of nitrogens with two attached hydrogens (primary N) is 1. The van der Waals surface area contributed by atoms with Gasteiger partial charge in [0.05, 0.1) is 27.2 Å². The fourth-order valence-corrected chi connectivity index (χ4v) is 3.97. The minimum Gasteiger partial charge on any atom is -0.383 e. The normalized spacial score (nSPS) is 15.5. The Kier molecular flexibility index (Phi) is 6.10. The third-order valence-electron chi connectivity index (χ3n) is 5.53. The molecular formula is C24H24ClN5O2.